The Hall–Kier alpha value is -0.770. The summed E-state index contributed by atoms with van der Waals surface area (Å²) in [5.74, 6) is 1.06. The molecule has 1 atom stereocenters. The quantitative estimate of drug-likeness (QED) is 0.886. The lowest BCUT2D eigenvalue weighted by molar-refractivity contribution is 0.496. The summed E-state index contributed by atoms with van der Waals surface area (Å²) < 4.78 is 6.32. The van der Waals surface area contributed by atoms with E-state index < -0.39 is 0 Å². The van der Waals surface area contributed by atoms with E-state index in [9.17, 15) is 0 Å². The topological polar surface area (TPSA) is 25.2 Å². The van der Waals surface area contributed by atoms with Gasteiger partial charge < -0.3 is 9.73 Å². The first kappa shape index (κ1) is 12.7. The molecule has 2 aromatic heterocycles. The van der Waals surface area contributed by atoms with Gasteiger partial charge in [-0.1, -0.05) is 18.5 Å². The Bertz CT molecular complexity index is 477. The summed E-state index contributed by atoms with van der Waals surface area (Å²) in [5.41, 5.74) is 1.25. The second-order valence-electron chi connectivity index (χ2n) is 3.90. The monoisotopic (exact) mass is 269 g/mol. The van der Waals surface area contributed by atoms with E-state index in [4.69, 9.17) is 16.0 Å². The predicted molar refractivity (Wildman–Crippen MR) is 72.9 cm³/mol. The molecule has 92 valence electrons. The van der Waals surface area contributed by atoms with E-state index in [2.05, 4.69) is 24.4 Å². The molecule has 0 saturated carbocycles. The van der Waals surface area contributed by atoms with Crippen molar-refractivity contribution in [3.8, 4) is 0 Å². The molecule has 0 aromatic carbocycles. The molecule has 0 bridgehead atoms. The van der Waals surface area contributed by atoms with Crippen molar-refractivity contribution in [2.45, 2.75) is 25.8 Å². The summed E-state index contributed by atoms with van der Waals surface area (Å²) in [7, 11) is 1.98. The van der Waals surface area contributed by atoms with Crippen molar-refractivity contribution in [2.24, 2.45) is 0 Å². The number of furan rings is 1. The fourth-order valence-corrected chi connectivity index (χ4v) is 3.11. The van der Waals surface area contributed by atoms with Gasteiger partial charge in [0.25, 0.3) is 0 Å². The van der Waals surface area contributed by atoms with E-state index in [0.29, 0.717) is 6.04 Å². The number of halogens is 1. The van der Waals surface area contributed by atoms with Crippen LogP contribution in [0.3, 0.4) is 0 Å². The molecule has 0 aliphatic carbocycles. The van der Waals surface area contributed by atoms with Crippen molar-refractivity contribution < 1.29 is 4.42 Å². The summed E-state index contributed by atoms with van der Waals surface area (Å²) >= 11 is 7.59. The molecule has 0 amide bonds. The number of thiophene rings is 1. The SMILES string of the molecule is CCc1occc1C(Cc1ccc(Cl)s1)NC. The third kappa shape index (κ3) is 2.92. The molecule has 2 aromatic rings. The van der Waals surface area contributed by atoms with Crippen molar-refractivity contribution >= 4 is 22.9 Å². The first-order chi connectivity index (χ1) is 8.24. The maximum atomic E-state index is 5.95. The van der Waals surface area contributed by atoms with Crippen molar-refractivity contribution in [1.29, 1.82) is 0 Å². The first-order valence-electron chi connectivity index (χ1n) is 5.72. The van der Waals surface area contributed by atoms with Gasteiger partial charge in [-0.05, 0) is 25.2 Å². The summed E-state index contributed by atoms with van der Waals surface area (Å²) in [6, 6.07) is 6.38. The van der Waals surface area contributed by atoms with Crippen molar-refractivity contribution in [3.63, 3.8) is 0 Å². The molecule has 0 aliphatic heterocycles. The Morgan fingerprint density at radius 3 is 2.82 bits per heavy atom. The Morgan fingerprint density at radius 1 is 1.41 bits per heavy atom. The highest BCUT2D eigenvalue weighted by molar-refractivity contribution is 7.16. The summed E-state index contributed by atoms with van der Waals surface area (Å²) in [5, 5.41) is 3.34. The Labute approximate surface area is 111 Å². The van der Waals surface area contributed by atoms with Gasteiger partial charge in [0.15, 0.2) is 0 Å². The van der Waals surface area contributed by atoms with Crippen LogP contribution >= 0.6 is 22.9 Å². The molecule has 1 unspecified atom stereocenters. The molecule has 1 N–H and O–H groups in total. The Balaban J connectivity index is 2.16. The Kier molecular flexibility index (Phi) is 4.26. The minimum Gasteiger partial charge on any atom is -0.469 e. The molecule has 4 heteroatoms. The van der Waals surface area contributed by atoms with Crippen LogP contribution in [-0.4, -0.2) is 7.05 Å². The zero-order valence-electron chi connectivity index (χ0n) is 10.00. The molecule has 2 heterocycles. The third-order valence-corrected chi connectivity index (χ3v) is 4.11. The van der Waals surface area contributed by atoms with Crippen LogP contribution < -0.4 is 5.32 Å². The van der Waals surface area contributed by atoms with E-state index in [1.807, 2.05) is 13.1 Å². The fourth-order valence-electron chi connectivity index (χ4n) is 1.98. The molecule has 0 saturated heterocycles. The van der Waals surface area contributed by atoms with Gasteiger partial charge in [0.2, 0.25) is 0 Å². The highest BCUT2D eigenvalue weighted by Crippen LogP contribution is 2.28. The van der Waals surface area contributed by atoms with Crippen LogP contribution in [-0.2, 0) is 12.8 Å². The molecule has 0 spiro atoms. The summed E-state index contributed by atoms with van der Waals surface area (Å²) in [6.07, 6.45) is 3.63. The number of nitrogens with one attached hydrogen (secondary N) is 1. The smallest absolute Gasteiger partial charge is 0.108 e. The van der Waals surface area contributed by atoms with Crippen molar-refractivity contribution in [2.75, 3.05) is 7.05 Å². The number of aryl methyl sites for hydroxylation is 1. The minimum atomic E-state index is 0.290. The average molecular weight is 270 g/mol. The normalized spacial score (nSPS) is 12.9. The molecular weight excluding hydrogens is 254 g/mol. The van der Waals surface area contributed by atoms with Gasteiger partial charge in [-0.3, -0.25) is 0 Å². The molecule has 17 heavy (non-hydrogen) atoms. The molecule has 0 aliphatic rings. The fraction of sp³-hybridized carbons (Fsp3) is 0.385. The van der Waals surface area contributed by atoms with E-state index in [1.54, 1.807) is 17.6 Å². The van der Waals surface area contributed by atoms with Gasteiger partial charge in [-0.25, -0.2) is 0 Å². The average Bonchev–Trinajstić information content (AvgIpc) is 2.94. The van der Waals surface area contributed by atoms with Gasteiger partial charge in [-0.15, -0.1) is 11.3 Å². The lowest BCUT2D eigenvalue weighted by Crippen LogP contribution is -2.19. The van der Waals surface area contributed by atoms with E-state index >= 15 is 0 Å². The number of hydrogen-bond acceptors (Lipinski definition) is 3. The number of likely N-dealkylation sites (N-methyl/N-ethyl adjacent to an activating group) is 1. The number of rotatable bonds is 5. The van der Waals surface area contributed by atoms with Crippen LogP contribution in [0.2, 0.25) is 4.34 Å². The van der Waals surface area contributed by atoms with Crippen LogP contribution in [0.5, 0.6) is 0 Å². The highest BCUT2D eigenvalue weighted by Gasteiger charge is 2.16. The zero-order chi connectivity index (χ0) is 12.3. The van der Waals surface area contributed by atoms with Crippen LogP contribution in [0.4, 0.5) is 0 Å². The lowest BCUT2D eigenvalue weighted by Gasteiger charge is -2.15. The minimum absolute atomic E-state index is 0.290. The Morgan fingerprint density at radius 2 is 2.24 bits per heavy atom. The standard InChI is InChI=1S/C13H16ClNOS/c1-3-12-10(6-7-16-12)11(15-2)8-9-4-5-13(14)17-9/h4-7,11,15H,3,8H2,1-2H3. The molecule has 2 nitrogen and oxygen atoms in total. The van der Waals surface area contributed by atoms with Gasteiger partial charge in [0, 0.05) is 29.3 Å². The molecular formula is C13H16ClNOS. The predicted octanol–water partition coefficient (Wildman–Crippen LogP) is 4.06. The maximum Gasteiger partial charge on any atom is 0.108 e. The zero-order valence-corrected chi connectivity index (χ0v) is 11.6. The van der Waals surface area contributed by atoms with Gasteiger partial charge in [-0.2, -0.15) is 0 Å². The molecule has 0 radical (unpaired) electrons. The lowest BCUT2D eigenvalue weighted by atomic mass is 10.0. The van der Waals surface area contributed by atoms with Crippen LogP contribution in [0.1, 0.15) is 29.2 Å². The van der Waals surface area contributed by atoms with Crippen LogP contribution in [0.25, 0.3) is 0 Å². The second-order valence-corrected chi connectivity index (χ2v) is 5.70. The van der Waals surface area contributed by atoms with Crippen LogP contribution in [0, 0.1) is 0 Å². The van der Waals surface area contributed by atoms with E-state index in [0.717, 1.165) is 22.9 Å². The molecule has 2 rings (SSSR count). The van der Waals surface area contributed by atoms with Gasteiger partial charge >= 0.3 is 0 Å². The third-order valence-electron chi connectivity index (χ3n) is 2.86. The van der Waals surface area contributed by atoms with Crippen molar-refractivity contribution in [1.82, 2.24) is 5.32 Å². The number of hydrogen-bond donors (Lipinski definition) is 1. The largest absolute Gasteiger partial charge is 0.469 e. The van der Waals surface area contributed by atoms with E-state index in [-0.39, 0.29) is 0 Å². The van der Waals surface area contributed by atoms with Crippen molar-refractivity contribution in [3.05, 3.63) is 45.0 Å². The van der Waals surface area contributed by atoms with E-state index in [1.165, 1.54) is 10.4 Å². The summed E-state index contributed by atoms with van der Waals surface area (Å²) in [6.45, 7) is 2.11. The van der Waals surface area contributed by atoms with Crippen LogP contribution in [0.15, 0.2) is 28.9 Å². The first-order valence-corrected chi connectivity index (χ1v) is 6.91. The van der Waals surface area contributed by atoms with Gasteiger partial charge in [0.05, 0.1) is 10.6 Å². The maximum absolute atomic E-state index is 5.95. The highest BCUT2D eigenvalue weighted by atomic mass is 35.5. The molecule has 0 fully saturated rings. The summed E-state index contributed by atoms with van der Waals surface area (Å²) in [4.78, 5) is 1.29. The second kappa shape index (κ2) is 5.71. The van der Waals surface area contributed by atoms with Gasteiger partial charge in [0.1, 0.15) is 5.76 Å².